The fraction of sp³-hybridized carbons (Fsp3) is 0.310. The lowest BCUT2D eigenvalue weighted by Gasteiger charge is -2.45. The van der Waals surface area contributed by atoms with Crippen LogP contribution in [0.5, 0.6) is 5.88 Å². The summed E-state index contributed by atoms with van der Waals surface area (Å²) in [4.78, 5) is 17.8. The summed E-state index contributed by atoms with van der Waals surface area (Å²) in [7, 11) is 0. The SMILES string of the molecule is C/C=C(\C=C(/C)N)C(=O)N1CCN(C(c2ccccc2)c2cccc(C)c2)C(COc2ccn[nH]2)C1. The van der Waals surface area contributed by atoms with Gasteiger partial charge in [0.1, 0.15) is 6.61 Å². The molecule has 1 aliphatic rings. The molecule has 7 nitrogen and oxygen atoms in total. The average molecular weight is 486 g/mol. The van der Waals surface area contributed by atoms with E-state index < -0.39 is 0 Å². The fourth-order valence-electron chi connectivity index (χ4n) is 4.80. The second-order valence-corrected chi connectivity index (χ2v) is 9.23. The van der Waals surface area contributed by atoms with Crippen LogP contribution in [0, 0.1) is 6.92 Å². The third-order valence-electron chi connectivity index (χ3n) is 6.47. The normalized spacial score (nSPS) is 18.2. The Labute approximate surface area is 213 Å². The van der Waals surface area contributed by atoms with Crippen LogP contribution in [0.4, 0.5) is 0 Å². The zero-order valence-corrected chi connectivity index (χ0v) is 21.2. The highest BCUT2D eigenvalue weighted by Crippen LogP contribution is 2.33. The van der Waals surface area contributed by atoms with Crippen LogP contribution in [-0.2, 0) is 4.79 Å². The minimum absolute atomic E-state index is 0.0136. The van der Waals surface area contributed by atoms with Gasteiger partial charge in [0.25, 0.3) is 5.91 Å². The molecule has 1 aromatic heterocycles. The topological polar surface area (TPSA) is 87.5 Å². The molecule has 3 aromatic rings. The number of aromatic nitrogens is 2. The van der Waals surface area contributed by atoms with Crippen molar-refractivity contribution in [3.8, 4) is 5.88 Å². The number of allylic oxidation sites excluding steroid dienone is 2. The van der Waals surface area contributed by atoms with Crippen molar-refractivity contribution in [1.82, 2.24) is 20.0 Å². The van der Waals surface area contributed by atoms with Crippen LogP contribution in [0.3, 0.4) is 0 Å². The second-order valence-electron chi connectivity index (χ2n) is 9.23. The second kappa shape index (κ2) is 11.7. The van der Waals surface area contributed by atoms with Crippen LogP contribution in [0.25, 0.3) is 0 Å². The summed E-state index contributed by atoms with van der Waals surface area (Å²) in [5.41, 5.74) is 10.8. The number of rotatable bonds is 8. The lowest BCUT2D eigenvalue weighted by molar-refractivity contribution is -0.130. The highest BCUT2D eigenvalue weighted by molar-refractivity contribution is 5.96. The predicted molar refractivity (Wildman–Crippen MR) is 142 cm³/mol. The number of nitrogens with one attached hydrogen (secondary N) is 1. The number of hydrogen-bond donors (Lipinski definition) is 2. The first kappa shape index (κ1) is 25.3. The third kappa shape index (κ3) is 6.04. The van der Waals surface area contributed by atoms with Crippen LogP contribution in [0.1, 0.15) is 36.6 Å². The van der Waals surface area contributed by atoms with Gasteiger partial charge in [-0.3, -0.25) is 9.69 Å². The Bertz CT molecular complexity index is 1200. The smallest absolute Gasteiger partial charge is 0.253 e. The monoisotopic (exact) mass is 485 g/mol. The minimum atomic E-state index is -0.0437. The molecule has 0 bridgehead atoms. The van der Waals surface area contributed by atoms with E-state index in [-0.39, 0.29) is 18.0 Å². The molecule has 0 radical (unpaired) electrons. The van der Waals surface area contributed by atoms with Gasteiger partial charge in [-0.05, 0) is 38.0 Å². The molecule has 2 atom stereocenters. The molecule has 0 saturated carbocycles. The zero-order valence-electron chi connectivity index (χ0n) is 21.2. The lowest BCUT2D eigenvalue weighted by atomic mass is 9.93. The van der Waals surface area contributed by atoms with E-state index in [1.165, 1.54) is 16.7 Å². The third-order valence-corrected chi connectivity index (χ3v) is 6.47. The summed E-state index contributed by atoms with van der Waals surface area (Å²) in [6, 6.07) is 21.0. The Morgan fingerprint density at radius 2 is 1.94 bits per heavy atom. The van der Waals surface area contributed by atoms with Crippen LogP contribution >= 0.6 is 0 Å². The highest BCUT2D eigenvalue weighted by Gasteiger charge is 2.36. The number of amides is 1. The first-order valence-corrected chi connectivity index (χ1v) is 12.3. The van der Waals surface area contributed by atoms with Crippen molar-refractivity contribution in [2.45, 2.75) is 32.9 Å². The molecule has 4 rings (SSSR count). The summed E-state index contributed by atoms with van der Waals surface area (Å²) in [6.45, 7) is 8.05. The van der Waals surface area contributed by atoms with Gasteiger partial charge in [-0.2, -0.15) is 5.10 Å². The number of ether oxygens (including phenoxy) is 1. The summed E-state index contributed by atoms with van der Waals surface area (Å²) in [6.07, 6.45) is 5.23. The Kier molecular flexibility index (Phi) is 8.23. The lowest BCUT2D eigenvalue weighted by Crippen LogP contribution is -2.57. The molecule has 0 aliphatic carbocycles. The van der Waals surface area contributed by atoms with Gasteiger partial charge in [-0.15, -0.1) is 0 Å². The molecule has 7 heteroatoms. The number of aromatic amines is 1. The van der Waals surface area contributed by atoms with Gasteiger partial charge in [-0.25, -0.2) is 5.10 Å². The van der Waals surface area contributed by atoms with Gasteiger partial charge < -0.3 is 15.4 Å². The largest absolute Gasteiger partial charge is 0.476 e. The molecule has 1 amide bonds. The summed E-state index contributed by atoms with van der Waals surface area (Å²) in [5, 5.41) is 6.87. The van der Waals surface area contributed by atoms with Crippen molar-refractivity contribution in [2.24, 2.45) is 5.73 Å². The molecular weight excluding hydrogens is 450 g/mol. The number of carbonyl (C=O) groups excluding carboxylic acids is 1. The molecule has 0 spiro atoms. The maximum Gasteiger partial charge on any atom is 0.253 e. The number of H-pyrrole nitrogens is 1. The first-order valence-electron chi connectivity index (χ1n) is 12.3. The number of aryl methyl sites for hydroxylation is 1. The predicted octanol–water partition coefficient (Wildman–Crippen LogP) is 4.21. The summed E-state index contributed by atoms with van der Waals surface area (Å²) in [5.74, 6) is 0.598. The Hall–Kier alpha value is -3.84. The molecule has 1 saturated heterocycles. The molecule has 188 valence electrons. The number of piperazine rings is 1. The quantitative estimate of drug-likeness (QED) is 0.369. The minimum Gasteiger partial charge on any atom is -0.476 e. The van der Waals surface area contributed by atoms with E-state index in [0.717, 1.165) is 0 Å². The van der Waals surface area contributed by atoms with E-state index in [9.17, 15) is 4.79 Å². The number of benzene rings is 2. The van der Waals surface area contributed by atoms with Crippen molar-refractivity contribution in [2.75, 3.05) is 26.2 Å². The van der Waals surface area contributed by atoms with Crippen molar-refractivity contribution in [3.05, 3.63) is 107 Å². The van der Waals surface area contributed by atoms with Crippen LogP contribution in [-0.4, -0.2) is 58.2 Å². The average Bonchev–Trinajstić information content (AvgIpc) is 3.41. The molecule has 1 aliphatic heterocycles. The Balaban J connectivity index is 1.67. The maximum absolute atomic E-state index is 13.4. The molecular formula is C29H35N5O2. The Morgan fingerprint density at radius 3 is 2.61 bits per heavy atom. The molecule has 3 N–H and O–H groups in total. The summed E-state index contributed by atoms with van der Waals surface area (Å²) < 4.78 is 6.10. The number of nitrogens with zero attached hydrogens (tertiary/aromatic N) is 3. The van der Waals surface area contributed by atoms with Crippen LogP contribution in [0.2, 0.25) is 0 Å². The van der Waals surface area contributed by atoms with E-state index in [4.69, 9.17) is 10.5 Å². The van der Waals surface area contributed by atoms with Crippen LogP contribution < -0.4 is 10.5 Å². The van der Waals surface area contributed by atoms with Crippen molar-refractivity contribution in [1.29, 1.82) is 0 Å². The number of hydrogen-bond acceptors (Lipinski definition) is 5. The molecule has 1 fully saturated rings. The number of carbonyl (C=O) groups is 1. The highest BCUT2D eigenvalue weighted by atomic mass is 16.5. The molecule has 36 heavy (non-hydrogen) atoms. The van der Waals surface area contributed by atoms with E-state index >= 15 is 0 Å². The van der Waals surface area contributed by atoms with Gasteiger partial charge in [-0.1, -0.05) is 66.2 Å². The Morgan fingerprint density at radius 1 is 1.17 bits per heavy atom. The van der Waals surface area contributed by atoms with Crippen molar-refractivity contribution >= 4 is 5.91 Å². The molecule has 2 heterocycles. The van der Waals surface area contributed by atoms with Gasteiger partial charge in [0.15, 0.2) is 0 Å². The van der Waals surface area contributed by atoms with Crippen LogP contribution in [0.15, 0.2) is 90.3 Å². The van der Waals surface area contributed by atoms with Gasteiger partial charge in [0.05, 0.1) is 18.3 Å². The molecule has 2 unspecified atom stereocenters. The van der Waals surface area contributed by atoms with E-state index in [1.54, 1.807) is 25.3 Å². The van der Waals surface area contributed by atoms with E-state index in [1.807, 2.05) is 24.0 Å². The summed E-state index contributed by atoms with van der Waals surface area (Å²) >= 11 is 0. The van der Waals surface area contributed by atoms with Gasteiger partial charge in [0.2, 0.25) is 5.88 Å². The standard InChI is InChI=1S/C29H35N5O2/c1-4-23(18-22(3)30)29(35)33-15-16-34(26(19-33)20-36-27-13-14-31-32-27)28(24-10-6-5-7-11-24)25-12-8-9-21(2)17-25/h4-14,17-18,26,28H,15-16,19-20,30H2,1-3H3,(H,31,32)/b22-18+,23-4+. The zero-order chi connectivity index (χ0) is 25.5. The van der Waals surface area contributed by atoms with Gasteiger partial charge >= 0.3 is 0 Å². The fourth-order valence-corrected chi connectivity index (χ4v) is 4.80. The van der Waals surface area contributed by atoms with E-state index in [2.05, 4.69) is 70.6 Å². The van der Waals surface area contributed by atoms with Crippen molar-refractivity contribution in [3.63, 3.8) is 0 Å². The van der Waals surface area contributed by atoms with Crippen molar-refractivity contribution < 1.29 is 9.53 Å². The number of nitrogens with two attached hydrogens (primary N) is 1. The maximum atomic E-state index is 13.4. The van der Waals surface area contributed by atoms with Gasteiger partial charge in [0, 0.05) is 37.0 Å². The first-order chi connectivity index (χ1) is 17.5. The van der Waals surface area contributed by atoms with E-state index in [0.29, 0.717) is 43.4 Å². The molecule has 2 aromatic carbocycles.